The Morgan fingerprint density at radius 1 is 1.14 bits per heavy atom. The van der Waals surface area contributed by atoms with Crippen LogP contribution in [-0.2, 0) is 27.4 Å². The molecule has 0 aliphatic rings. The van der Waals surface area contributed by atoms with Crippen molar-refractivity contribution < 1.29 is 27.9 Å². The van der Waals surface area contributed by atoms with E-state index >= 15 is 0 Å². The van der Waals surface area contributed by atoms with E-state index in [4.69, 9.17) is 25.5 Å². The number of carbonyl (C=O) groups is 2. The van der Waals surface area contributed by atoms with Gasteiger partial charge in [0.2, 0.25) is 5.76 Å². The minimum absolute atomic E-state index is 0.0133. The van der Waals surface area contributed by atoms with Crippen LogP contribution < -0.4 is 0 Å². The fourth-order valence-corrected chi connectivity index (χ4v) is 3.09. The maximum atomic E-state index is 13.9. The number of esters is 1. The molecule has 1 heterocycles. The van der Waals surface area contributed by atoms with Crippen molar-refractivity contribution in [2.45, 2.75) is 13.2 Å². The van der Waals surface area contributed by atoms with Crippen LogP contribution in [0.15, 0.2) is 46.9 Å². The van der Waals surface area contributed by atoms with E-state index in [0.29, 0.717) is 11.1 Å². The summed E-state index contributed by atoms with van der Waals surface area (Å²) in [5.74, 6) is -1.82. The SMILES string of the molecule is COCc1c(C(=O)OCC(=O)N(C)Cc2c(F)cccc2Cl)oc2ccccc12. The first-order chi connectivity index (χ1) is 13.9. The Balaban J connectivity index is 1.68. The molecule has 0 atom stereocenters. The molecule has 0 saturated heterocycles. The summed E-state index contributed by atoms with van der Waals surface area (Å²) >= 11 is 5.98. The molecule has 0 N–H and O–H groups in total. The van der Waals surface area contributed by atoms with E-state index in [1.807, 2.05) is 6.07 Å². The zero-order chi connectivity index (χ0) is 21.0. The molecule has 0 radical (unpaired) electrons. The summed E-state index contributed by atoms with van der Waals surface area (Å²) in [6.45, 7) is -0.423. The first-order valence-corrected chi connectivity index (χ1v) is 9.13. The summed E-state index contributed by atoms with van der Waals surface area (Å²) in [7, 11) is 2.97. The minimum Gasteiger partial charge on any atom is -0.450 e. The molecule has 29 heavy (non-hydrogen) atoms. The highest BCUT2D eigenvalue weighted by Gasteiger charge is 2.23. The second kappa shape index (κ2) is 9.07. The van der Waals surface area contributed by atoms with Crippen molar-refractivity contribution in [3.63, 3.8) is 0 Å². The van der Waals surface area contributed by atoms with Gasteiger partial charge in [0, 0.05) is 42.2 Å². The molecule has 0 unspecified atom stereocenters. The molecule has 2 aromatic carbocycles. The van der Waals surface area contributed by atoms with Crippen LogP contribution in [-0.4, -0.2) is 37.5 Å². The zero-order valence-electron chi connectivity index (χ0n) is 15.9. The van der Waals surface area contributed by atoms with Gasteiger partial charge in [-0.05, 0) is 18.2 Å². The van der Waals surface area contributed by atoms with E-state index in [1.165, 1.54) is 37.3 Å². The number of benzene rings is 2. The summed E-state index contributed by atoms with van der Waals surface area (Å²) < 4.78 is 29.7. The predicted molar refractivity (Wildman–Crippen MR) is 105 cm³/mol. The summed E-state index contributed by atoms with van der Waals surface area (Å²) in [5.41, 5.74) is 1.26. The number of fused-ring (bicyclic) bond motifs is 1. The van der Waals surface area contributed by atoms with E-state index in [0.717, 1.165) is 5.39 Å². The molecule has 0 saturated carbocycles. The number of rotatable bonds is 7. The van der Waals surface area contributed by atoms with Crippen LogP contribution in [0.2, 0.25) is 5.02 Å². The fraction of sp³-hybridized carbons (Fsp3) is 0.238. The molecular weight excluding hydrogens is 401 g/mol. The molecule has 0 bridgehead atoms. The minimum atomic E-state index is -0.779. The average Bonchev–Trinajstić information content (AvgIpc) is 3.07. The van der Waals surface area contributed by atoms with Crippen LogP contribution in [0.25, 0.3) is 11.0 Å². The van der Waals surface area contributed by atoms with Crippen molar-refractivity contribution in [3.05, 3.63) is 70.2 Å². The topological polar surface area (TPSA) is 69.0 Å². The standard InChI is InChI=1S/C21H19ClFNO5/c1-24(10-14-16(22)7-5-8-17(14)23)19(25)12-28-21(26)20-15(11-27-2)13-6-3-4-9-18(13)29-20/h3-9H,10-12H2,1-2H3. The molecule has 3 rings (SSSR count). The molecule has 0 aliphatic carbocycles. The number of para-hydroxylation sites is 1. The number of ether oxygens (including phenoxy) is 2. The van der Waals surface area contributed by atoms with Crippen molar-refractivity contribution in [2.24, 2.45) is 0 Å². The van der Waals surface area contributed by atoms with Gasteiger partial charge in [0.15, 0.2) is 6.61 Å². The molecule has 6 nitrogen and oxygen atoms in total. The maximum absolute atomic E-state index is 13.9. The smallest absolute Gasteiger partial charge is 0.375 e. The van der Waals surface area contributed by atoms with Gasteiger partial charge in [-0.2, -0.15) is 0 Å². The van der Waals surface area contributed by atoms with Crippen LogP contribution in [0.3, 0.4) is 0 Å². The third-order valence-corrected chi connectivity index (χ3v) is 4.74. The molecule has 8 heteroatoms. The first kappa shape index (κ1) is 20.8. The van der Waals surface area contributed by atoms with E-state index < -0.39 is 24.3 Å². The highest BCUT2D eigenvalue weighted by atomic mass is 35.5. The molecule has 152 valence electrons. The largest absolute Gasteiger partial charge is 0.450 e. The quantitative estimate of drug-likeness (QED) is 0.537. The molecule has 0 aliphatic heterocycles. The van der Waals surface area contributed by atoms with Crippen LogP contribution in [0.5, 0.6) is 0 Å². The summed E-state index contributed by atoms with van der Waals surface area (Å²) in [5, 5.41) is 0.951. The third-order valence-electron chi connectivity index (χ3n) is 4.38. The highest BCUT2D eigenvalue weighted by molar-refractivity contribution is 6.31. The van der Waals surface area contributed by atoms with Crippen LogP contribution >= 0.6 is 11.6 Å². The second-order valence-electron chi connectivity index (χ2n) is 6.37. The van der Waals surface area contributed by atoms with Gasteiger partial charge < -0.3 is 18.8 Å². The summed E-state index contributed by atoms with van der Waals surface area (Å²) in [4.78, 5) is 26.0. The summed E-state index contributed by atoms with van der Waals surface area (Å²) in [6.07, 6.45) is 0. The molecule has 0 fully saturated rings. The number of furan rings is 1. The van der Waals surface area contributed by atoms with Crippen molar-refractivity contribution in [2.75, 3.05) is 20.8 Å². The number of halogens is 2. The van der Waals surface area contributed by atoms with Gasteiger partial charge in [0.05, 0.1) is 6.61 Å². The predicted octanol–water partition coefficient (Wildman–Crippen LogP) is 4.19. The van der Waals surface area contributed by atoms with Gasteiger partial charge in [-0.3, -0.25) is 4.79 Å². The Morgan fingerprint density at radius 3 is 2.62 bits per heavy atom. The van der Waals surface area contributed by atoms with Gasteiger partial charge in [-0.1, -0.05) is 35.9 Å². The van der Waals surface area contributed by atoms with E-state index in [-0.39, 0.29) is 29.5 Å². The lowest BCUT2D eigenvalue weighted by Gasteiger charge is -2.18. The van der Waals surface area contributed by atoms with Gasteiger partial charge >= 0.3 is 5.97 Å². The monoisotopic (exact) mass is 419 g/mol. The Kier molecular flexibility index (Phi) is 6.51. The number of hydrogen-bond donors (Lipinski definition) is 0. The molecule has 0 spiro atoms. The Bertz CT molecular complexity index is 1030. The maximum Gasteiger partial charge on any atom is 0.375 e. The lowest BCUT2D eigenvalue weighted by molar-refractivity contribution is -0.133. The number of likely N-dealkylation sites (N-methyl/N-ethyl adjacent to an activating group) is 1. The van der Waals surface area contributed by atoms with E-state index in [1.54, 1.807) is 18.2 Å². The number of carbonyl (C=O) groups excluding carboxylic acids is 2. The van der Waals surface area contributed by atoms with Crippen molar-refractivity contribution in [1.82, 2.24) is 4.90 Å². The van der Waals surface area contributed by atoms with Crippen LogP contribution in [0.1, 0.15) is 21.7 Å². The fourth-order valence-electron chi connectivity index (χ4n) is 2.86. The normalized spacial score (nSPS) is 10.9. The van der Waals surface area contributed by atoms with Crippen molar-refractivity contribution in [3.8, 4) is 0 Å². The third kappa shape index (κ3) is 4.58. The van der Waals surface area contributed by atoms with Gasteiger partial charge in [0.1, 0.15) is 11.4 Å². The van der Waals surface area contributed by atoms with Gasteiger partial charge in [-0.15, -0.1) is 0 Å². The lowest BCUT2D eigenvalue weighted by atomic mass is 10.1. The molecule has 3 aromatic rings. The van der Waals surface area contributed by atoms with E-state index in [9.17, 15) is 14.0 Å². The van der Waals surface area contributed by atoms with E-state index in [2.05, 4.69) is 0 Å². The van der Waals surface area contributed by atoms with Crippen LogP contribution in [0, 0.1) is 5.82 Å². The first-order valence-electron chi connectivity index (χ1n) is 8.75. The Morgan fingerprint density at radius 2 is 1.90 bits per heavy atom. The number of nitrogens with zero attached hydrogens (tertiary/aromatic N) is 1. The molecule has 1 aromatic heterocycles. The molecule has 1 amide bonds. The number of amides is 1. The Labute approximate surface area is 171 Å². The molecular formula is C21H19ClFNO5. The van der Waals surface area contributed by atoms with Gasteiger partial charge in [0.25, 0.3) is 5.91 Å². The van der Waals surface area contributed by atoms with Gasteiger partial charge in [-0.25, -0.2) is 9.18 Å². The Hall–Kier alpha value is -2.90. The highest BCUT2D eigenvalue weighted by Crippen LogP contribution is 2.27. The lowest BCUT2D eigenvalue weighted by Crippen LogP contribution is -2.31. The number of methoxy groups -OCH3 is 1. The zero-order valence-corrected chi connectivity index (χ0v) is 16.7. The second-order valence-corrected chi connectivity index (χ2v) is 6.77. The van der Waals surface area contributed by atoms with Crippen molar-refractivity contribution in [1.29, 1.82) is 0 Å². The summed E-state index contributed by atoms with van der Waals surface area (Å²) in [6, 6.07) is 11.4. The number of hydrogen-bond acceptors (Lipinski definition) is 5. The van der Waals surface area contributed by atoms with Crippen molar-refractivity contribution >= 4 is 34.4 Å². The van der Waals surface area contributed by atoms with Crippen LogP contribution in [0.4, 0.5) is 4.39 Å². The average molecular weight is 420 g/mol.